The standard InChI is InChI=1S/C24H26N6O5S/c1-15-11-26-23(27-12-15)22(31)16(2)36(32,33)14-20-28-29-24(17-7-6-10-25-13-17)30(20)21-18(34-3)8-5-9-19(21)35-4/h5-13,16,22,31H,14H2,1-4H3/t16-,22-/m0/s1. The highest BCUT2D eigenvalue weighted by atomic mass is 32.2. The molecule has 0 saturated carbocycles. The molecule has 0 fully saturated rings. The Labute approximate surface area is 208 Å². The van der Waals surface area contributed by atoms with Gasteiger partial charge in [-0.05, 0) is 43.7 Å². The molecule has 0 amide bonds. The fourth-order valence-corrected chi connectivity index (χ4v) is 4.98. The van der Waals surface area contributed by atoms with E-state index in [1.165, 1.54) is 33.5 Å². The van der Waals surface area contributed by atoms with Crippen molar-refractivity contribution >= 4 is 9.84 Å². The van der Waals surface area contributed by atoms with Crippen molar-refractivity contribution in [3.05, 3.63) is 72.3 Å². The number of ether oxygens (including phenoxy) is 2. The van der Waals surface area contributed by atoms with Crippen molar-refractivity contribution in [2.24, 2.45) is 0 Å². The third-order valence-electron chi connectivity index (χ3n) is 5.68. The molecule has 12 heteroatoms. The number of hydrogen-bond donors (Lipinski definition) is 1. The lowest BCUT2D eigenvalue weighted by Crippen LogP contribution is -2.29. The Bertz CT molecular complexity index is 1420. The zero-order valence-electron chi connectivity index (χ0n) is 20.2. The van der Waals surface area contributed by atoms with E-state index in [0.717, 1.165) is 5.56 Å². The molecule has 0 unspecified atom stereocenters. The van der Waals surface area contributed by atoms with Crippen LogP contribution < -0.4 is 9.47 Å². The van der Waals surface area contributed by atoms with Crippen LogP contribution in [0.3, 0.4) is 0 Å². The number of aliphatic hydroxyl groups is 1. The Hall–Kier alpha value is -3.90. The van der Waals surface area contributed by atoms with Gasteiger partial charge in [-0.1, -0.05) is 6.07 Å². The van der Waals surface area contributed by atoms with Crippen LogP contribution >= 0.6 is 0 Å². The summed E-state index contributed by atoms with van der Waals surface area (Å²) in [6.07, 6.45) is 4.84. The summed E-state index contributed by atoms with van der Waals surface area (Å²) in [6.45, 7) is 3.21. The van der Waals surface area contributed by atoms with E-state index in [9.17, 15) is 13.5 Å². The number of aromatic nitrogens is 6. The van der Waals surface area contributed by atoms with Crippen molar-refractivity contribution in [1.82, 2.24) is 29.7 Å². The van der Waals surface area contributed by atoms with Gasteiger partial charge in [-0.3, -0.25) is 9.55 Å². The normalized spacial score (nSPS) is 13.2. The summed E-state index contributed by atoms with van der Waals surface area (Å²) in [6, 6.07) is 8.74. The Kier molecular flexibility index (Phi) is 7.27. The number of sulfone groups is 1. The number of para-hydroxylation sites is 1. The number of aliphatic hydroxyl groups excluding tert-OH is 1. The van der Waals surface area contributed by atoms with Crippen LogP contribution in [0.2, 0.25) is 0 Å². The molecule has 0 radical (unpaired) electrons. The van der Waals surface area contributed by atoms with E-state index in [0.29, 0.717) is 28.6 Å². The molecule has 4 aromatic rings. The number of benzene rings is 1. The Morgan fingerprint density at radius 3 is 2.25 bits per heavy atom. The summed E-state index contributed by atoms with van der Waals surface area (Å²) >= 11 is 0. The minimum Gasteiger partial charge on any atom is -0.494 e. The molecule has 1 N–H and O–H groups in total. The lowest BCUT2D eigenvalue weighted by molar-refractivity contribution is 0.166. The van der Waals surface area contributed by atoms with E-state index < -0.39 is 26.9 Å². The molecule has 3 heterocycles. The monoisotopic (exact) mass is 510 g/mol. The highest BCUT2D eigenvalue weighted by Crippen LogP contribution is 2.37. The van der Waals surface area contributed by atoms with Gasteiger partial charge in [0.25, 0.3) is 0 Å². The molecule has 0 aliphatic rings. The van der Waals surface area contributed by atoms with Gasteiger partial charge in [0.05, 0.1) is 19.5 Å². The molecule has 0 spiro atoms. The minimum atomic E-state index is -3.96. The number of hydrogen-bond acceptors (Lipinski definition) is 10. The number of rotatable bonds is 9. The van der Waals surface area contributed by atoms with E-state index in [4.69, 9.17) is 9.47 Å². The first-order chi connectivity index (χ1) is 17.3. The van der Waals surface area contributed by atoms with E-state index in [2.05, 4.69) is 25.1 Å². The third kappa shape index (κ3) is 4.90. The Balaban J connectivity index is 1.81. The summed E-state index contributed by atoms with van der Waals surface area (Å²) in [5.41, 5.74) is 1.85. The summed E-state index contributed by atoms with van der Waals surface area (Å²) < 4.78 is 39.6. The fourth-order valence-electron chi connectivity index (χ4n) is 3.65. The molecule has 0 aliphatic heterocycles. The van der Waals surface area contributed by atoms with Gasteiger partial charge in [0.2, 0.25) is 0 Å². The van der Waals surface area contributed by atoms with Gasteiger partial charge in [0.1, 0.15) is 29.0 Å². The predicted molar refractivity (Wildman–Crippen MR) is 132 cm³/mol. The molecule has 3 aromatic heterocycles. The van der Waals surface area contributed by atoms with E-state index in [1.807, 2.05) is 0 Å². The first-order valence-corrected chi connectivity index (χ1v) is 12.7. The van der Waals surface area contributed by atoms with Gasteiger partial charge in [0, 0.05) is 30.4 Å². The molecule has 0 aliphatic carbocycles. The molecule has 2 atom stereocenters. The topological polar surface area (TPSA) is 142 Å². The smallest absolute Gasteiger partial charge is 0.170 e. The zero-order valence-corrected chi connectivity index (χ0v) is 21.0. The van der Waals surface area contributed by atoms with Crippen LogP contribution in [0.1, 0.15) is 30.2 Å². The molecule has 11 nitrogen and oxygen atoms in total. The van der Waals surface area contributed by atoms with Crippen LogP contribution in [0, 0.1) is 6.92 Å². The average Bonchev–Trinajstić information content (AvgIpc) is 3.30. The quantitative estimate of drug-likeness (QED) is 0.357. The molecule has 0 saturated heterocycles. The lowest BCUT2D eigenvalue weighted by Gasteiger charge is -2.20. The van der Waals surface area contributed by atoms with Crippen LogP contribution in [-0.4, -0.2) is 62.7 Å². The van der Waals surface area contributed by atoms with E-state index >= 15 is 0 Å². The fraction of sp³-hybridized carbons (Fsp3) is 0.292. The second-order valence-corrected chi connectivity index (χ2v) is 10.5. The van der Waals surface area contributed by atoms with Crippen molar-refractivity contribution in [2.75, 3.05) is 14.2 Å². The molecular formula is C24H26N6O5S. The van der Waals surface area contributed by atoms with Gasteiger partial charge >= 0.3 is 0 Å². The van der Waals surface area contributed by atoms with Crippen molar-refractivity contribution in [3.8, 4) is 28.6 Å². The van der Waals surface area contributed by atoms with Gasteiger partial charge in [-0.25, -0.2) is 18.4 Å². The number of aryl methyl sites for hydroxylation is 1. The van der Waals surface area contributed by atoms with Crippen LogP contribution in [0.25, 0.3) is 17.1 Å². The summed E-state index contributed by atoms with van der Waals surface area (Å²) in [7, 11) is -0.954. The van der Waals surface area contributed by atoms with Crippen molar-refractivity contribution in [2.45, 2.75) is 31.0 Å². The van der Waals surface area contributed by atoms with Crippen LogP contribution in [0.15, 0.2) is 55.1 Å². The summed E-state index contributed by atoms with van der Waals surface area (Å²) in [5, 5.41) is 18.0. The highest BCUT2D eigenvalue weighted by Gasteiger charge is 2.34. The number of methoxy groups -OCH3 is 2. The Morgan fingerprint density at radius 2 is 1.67 bits per heavy atom. The SMILES string of the molecule is COc1cccc(OC)c1-n1c(CS(=O)(=O)[C@@H](C)[C@H](O)c2ncc(C)cn2)nnc1-c1cccnc1. The zero-order chi connectivity index (χ0) is 25.9. The maximum absolute atomic E-state index is 13.4. The maximum Gasteiger partial charge on any atom is 0.170 e. The summed E-state index contributed by atoms with van der Waals surface area (Å²) in [5.74, 6) is 0.830. The molecule has 4 rings (SSSR count). The predicted octanol–water partition coefficient (Wildman–Crippen LogP) is 2.48. The van der Waals surface area contributed by atoms with Gasteiger partial charge in [-0.15, -0.1) is 10.2 Å². The van der Waals surface area contributed by atoms with Crippen LogP contribution in [0.4, 0.5) is 0 Å². The average molecular weight is 511 g/mol. The molecule has 188 valence electrons. The minimum absolute atomic E-state index is 0.0283. The van der Waals surface area contributed by atoms with Crippen LogP contribution in [-0.2, 0) is 15.6 Å². The highest BCUT2D eigenvalue weighted by molar-refractivity contribution is 7.91. The first-order valence-electron chi connectivity index (χ1n) is 11.0. The maximum atomic E-state index is 13.4. The second kappa shape index (κ2) is 10.4. The molecular weight excluding hydrogens is 484 g/mol. The third-order valence-corrected chi connectivity index (χ3v) is 7.73. The first kappa shape index (κ1) is 25.2. The second-order valence-electron chi connectivity index (χ2n) is 8.10. The van der Waals surface area contributed by atoms with Gasteiger partial charge in [0.15, 0.2) is 27.3 Å². The summed E-state index contributed by atoms with van der Waals surface area (Å²) in [4.78, 5) is 12.3. The van der Waals surface area contributed by atoms with Gasteiger partial charge < -0.3 is 14.6 Å². The molecule has 36 heavy (non-hydrogen) atoms. The largest absolute Gasteiger partial charge is 0.494 e. The van der Waals surface area contributed by atoms with Crippen molar-refractivity contribution < 1.29 is 23.0 Å². The van der Waals surface area contributed by atoms with Crippen molar-refractivity contribution in [1.29, 1.82) is 0 Å². The molecule has 1 aromatic carbocycles. The van der Waals surface area contributed by atoms with E-state index in [-0.39, 0.29) is 11.6 Å². The number of nitrogens with zero attached hydrogens (tertiary/aromatic N) is 6. The van der Waals surface area contributed by atoms with Crippen molar-refractivity contribution in [3.63, 3.8) is 0 Å². The van der Waals surface area contributed by atoms with Crippen LogP contribution in [0.5, 0.6) is 11.5 Å². The Morgan fingerprint density at radius 1 is 1.00 bits per heavy atom. The number of pyridine rings is 1. The molecule has 0 bridgehead atoms. The van der Waals surface area contributed by atoms with E-state index in [1.54, 1.807) is 54.2 Å². The lowest BCUT2D eigenvalue weighted by atomic mass is 10.2. The van der Waals surface area contributed by atoms with Gasteiger partial charge in [-0.2, -0.15) is 0 Å².